The highest BCUT2D eigenvalue weighted by Crippen LogP contribution is 2.20. The molecular weight excluding hydrogens is 385 g/mol. The molecule has 2 aromatic carbocycles. The van der Waals surface area contributed by atoms with Crippen molar-refractivity contribution in [2.45, 2.75) is 45.5 Å². The lowest BCUT2D eigenvalue weighted by Crippen LogP contribution is -2.36. The third-order valence-electron chi connectivity index (χ3n) is 4.16. The van der Waals surface area contributed by atoms with Crippen molar-refractivity contribution in [2.24, 2.45) is 0 Å². The molecular formula is C21H23F3N2O3. The second kappa shape index (κ2) is 9.45. The largest absolute Gasteiger partial charge is 0.481 e. The molecule has 2 rings (SSSR count). The van der Waals surface area contributed by atoms with Gasteiger partial charge in [-0.3, -0.25) is 9.59 Å². The zero-order chi connectivity index (χ0) is 21.6. The van der Waals surface area contributed by atoms with Crippen molar-refractivity contribution in [1.29, 1.82) is 0 Å². The van der Waals surface area contributed by atoms with Gasteiger partial charge in [-0.2, -0.15) is 13.2 Å². The molecule has 0 radical (unpaired) electrons. The molecule has 2 amide bonds. The lowest BCUT2D eigenvalue weighted by Gasteiger charge is -2.16. The first kappa shape index (κ1) is 22.3. The minimum Gasteiger partial charge on any atom is -0.481 e. The van der Waals surface area contributed by atoms with Crippen LogP contribution in [0.4, 0.5) is 18.9 Å². The third kappa shape index (κ3) is 6.81. The minimum atomic E-state index is -4.92. The van der Waals surface area contributed by atoms with Gasteiger partial charge in [0.2, 0.25) is 0 Å². The van der Waals surface area contributed by atoms with E-state index in [1.54, 1.807) is 12.2 Å². The molecule has 1 unspecified atom stereocenters. The predicted octanol–water partition coefficient (Wildman–Crippen LogP) is 4.39. The van der Waals surface area contributed by atoms with Crippen molar-refractivity contribution in [3.63, 3.8) is 0 Å². The number of halogens is 3. The van der Waals surface area contributed by atoms with Crippen LogP contribution in [0.5, 0.6) is 5.75 Å². The van der Waals surface area contributed by atoms with E-state index in [4.69, 9.17) is 4.74 Å². The Labute approximate surface area is 167 Å². The Bertz CT molecular complexity index is 832. The number of hydrogen-bond acceptors (Lipinski definition) is 3. The van der Waals surface area contributed by atoms with Crippen LogP contribution in [-0.4, -0.2) is 24.1 Å². The van der Waals surface area contributed by atoms with Crippen LogP contribution < -0.4 is 15.4 Å². The summed E-state index contributed by atoms with van der Waals surface area (Å²) in [7, 11) is 0. The normalized spacial score (nSPS) is 12.4. The van der Waals surface area contributed by atoms with Crippen molar-refractivity contribution < 1.29 is 27.5 Å². The van der Waals surface area contributed by atoms with E-state index >= 15 is 0 Å². The van der Waals surface area contributed by atoms with Gasteiger partial charge >= 0.3 is 12.1 Å². The molecule has 0 bridgehead atoms. The zero-order valence-corrected chi connectivity index (χ0v) is 16.3. The van der Waals surface area contributed by atoms with E-state index in [0.717, 1.165) is 0 Å². The van der Waals surface area contributed by atoms with Gasteiger partial charge in [0.05, 0.1) is 0 Å². The SMILES string of the molecule is CC(Oc1ccc(C(C)C)cc1)C(=O)Nc1ccc(CNC(=O)C(F)(F)F)cc1. The van der Waals surface area contributed by atoms with Crippen LogP contribution >= 0.6 is 0 Å². The van der Waals surface area contributed by atoms with Gasteiger partial charge in [-0.15, -0.1) is 0 Å². The van der Waals surface area contributed by atoms with Crippen molar-refractivity contribution in [3.8, 4) is 5.75 Å². The molecule has 29 heavy (non-hydrogen) atoms. The standard InChI is InChI=1S/C21H23F3N2O3/c1-13(2)16-6-10-18(11-7-16)29-14(3)19(27)26-17-8-4-15(5-9-17)12-25-20(28)21(22,23)24/h4-11,13-14H,12H2,1-3H3,(H,25,28)(H,26,27). The van der Waals surface area contributed by atoms with Gasteiger partial charge in [-0.1, -0.05) is 38.1 Å². The van der Waals surface area contributed by atoms with E-state index in [9.17, 15) is 22.8 Å². The summed E-state index contributed by atoms with van der Waals surface area (Å²) < 4.78 is 42.2. The lowest BCUT2D eigenvalue weighted by molar-refractivity contribution is -0.173. The highest BCUT2D eigenvalue weighted by Gasteiger charge is 2.38. The third-order valence-corrected chi connectivity index (χ3v) is 4.16. The maximum absolute atomic E-state index is 12.3. The van der Waals surface area contributed by atoms with Crippen LogP contribution in [0.3, 0.4) is 0 Å². The number of rotatable bonds is 7. The van der Waals surface area contributed by atoms with Gasteiger partial charge in [0.1, 0.15) is 5.75 Å². The molecule has 0 saturated carbocycles. The average molecular weight is 408 g/mol. The van der Waals surface area contributed by atoms with Gasteiger partial charge < -0.3 is 15.4 Å². The number of hydrogen-bond donors (Lipinski definition) is 2. The number of benzene rings is 2. The van der Waals surface area contributed by atoms with Crippen LogP contribution in [0.1, 0.15) is 37.8 Å². The second-order valence-corrected chi connectivity index (χ2v) is 6.85. The fourth-order valence-electron chi connectivity index (χ4n) is 2.42. The quantitative estimate of drug-likeness (QED) is 0.714. The van der Waals surface area contributed by atoms with Gasteiger partial charge in [0, 0.05) is 12.2 Å². The Morgan fingerprint density at radius 2 is 1.55 bits per heavy atom. The molecule has 0 fully saturated rings. The number of anilines is 1. The summed E-state index contributed by atoms with van der Waals surface area (Å²) in [4.78, 5) is 23.1. The van der Waals surface area contributed by atoms with E-state index < -0.39 is 18.2 Å². The molecule has 0 saturated heterocycles. The van der Waals surface area contributed by atoms with E-state index in [-0.39, 0.29) is 12.5 Å². The smallest absolute Gasteiger partial charge is 0.471 e. The van der Waals surface area contributed by atoms with Gasteiger partial charge in [0.15, 0.2) is 6.10 Å². The van der Waals surface area contributed by atoms with Gasteiger partial charge in [-0.05, 0) is 48.2 Å². The lowest BCUT2D eigenvalue weighted by atomic mass is 10.0. The Balaban J connectivity index is 1.87. The first-order valence-corrected chi connectivity index (χ1v) is 9.07. The van der Waals surface area contributed by atoms with Crippen molar-refractivity contribution in [2.75, 3.05) is 5.32 Å². The number of amides is 2. The molecule has 8 heteroatoms. The molecule has 0 aliphatic carbocycles. The molecule has 5 nitrogen and oxygen atoms in total. The molecule has 2 aromatic rings. The summed E-state index contributed by atoms with van der Waals surface area (Å²) >= 11 is 0. The van der Waals surface area contributed by atoms with Gasteiger partial charge in [0.25, 0.3) is 5.91 Å². The van der Waals surface area contributed by atoms with Crippen molar-refractivity contribution in [1.82, 2.24) is 5.32 Å². The van der Waals surface area contributed by atoms with Crippen LogP contribution in [-0.2, 0) is 16.1 Å². The van der Waals surface area contributed by atoms with E-state index in [0.29, 0.717) is 22.9 Å². The Morgan fingerprint density at radius 3 is 2.07 bits per heavy atom. The van der Waals surface area contributed by atoms with Crippen LogP contribution in [0.2, 0.25) is 0 Å². The molecule has 0 heterocycles. The number of alkyl halides is 3. The summed E-state index contributed by atoms with van der Waals surface area (Å²) in [5.74, 6) is -1.39. The molecule has 2 N–H and O–H groups in total. The van der Waals surface area contributed by atoms with E-state index in [1.807, 2.05) is 24.3 Å². The van der Waals surface area contributed by atoms with Crippen molar-refractivity contribution >= 4 is 17.5 Å². The molecule has 156 valence electrons. The molecule has 0 spiro atoms. The molecule has 0 aliphatic heterocycles. The van der Waals surface area contributed by atoms with Crippen LogP contribution in [0, 0.1) is 0 Å². The summed E-state index contributed by atoms with van der Waals surface area (Å²) in [5.41, 5.74) is 2.10. The highest BCUT2D eigenvalue weighted by molar-refractivity contribution is 5.94. The number of carbonyl (C=O) groups is 2. The maximum Gasteiger partial charge on any atom is 0.471 e. The summed E-state index contributed by atoms with van der Waals surface area (Å²) in [6.45, 7) is 5.52. The monoisotopic (exact) mass is 408 g/mol. The topological polar surface area (TPSA) is 67.4 Å². The Hall–Kier alpha value is -3.03. The number of ether oxygens (including phenoxy) is 1. The Kier molecular flexibility index (Phi) is 7.25. The molecule has 1 atom stereocenters. The van der Waals surface area contributed by atoms with E-state index in [2.05, 4.69) is 19.2 Å². The minimum absolute atomic E-state index is 0.265. The fraction of sp³-hybridized carbons (Fsp3) is 0.333. The molecule has 0 aromatic heterocycles. The molecule has 0 aliphatic rings. The van der Waals surface area contributed by atoms with Crippen LogP contribution in [0.25, 0.3) is 0 Å². The highest BCUT2D eigenvalue weighted by atomic mass is 19.4. The first-order chi connectivity index (χ1) is 13.6. The maximum atomic E-state index is 12.3. The number of carbonyl (C=O) groups excluding carboxylic acids is 2. The van der Waals surface area contributed by atoms with Crippen molar-refractivity contribution in [3.05, 3.63) is 59.7 Å². The number of nitrogens with one attached hydrogen (secondary N) is 2. The van der Waals surface area contributed by atoms with E-state index in [1.165, 1.54) is 29.8 Å². The average Bonchev–Trinajstić information content (AvgIpc) is 2.66. The van der Waals surface area contributed by atoms with Crippen LogP contribution in [0.15, 0.2) is 48.5 Å². The summed E-state index contributed by atoms with van der Waals surface area (Å²) in [6, 6.07) is 13.6. The summed E-state index contributed by atoms with van der Waals surface area (Å²) in [6.07, 6.45) is -5.66. The zero-order valence-electron chi connectivity index (χ0n) is 16.3. The predicted molar refractivity (Wildman–Crippen MR) is 104 cm³/mol. The fourth-order valence-corrected chi connectivity index (χ4v) is 2.42. The summed E-state index contributed by atoms with van der Waals surface area (Å²) in [5, 5.41) is 4.46. The Morgan fingerprint density at radius 1 is 0.966 bits per heavy atom. The van der Waals surface area contributed by atoms with Gasteiger partial charge in [-0.25, -0.2) is 0 Å². The second-order valence-electron chi connectivity index (χ2n) is 6.85. The first-order valence-electron chi connectivity index (χ1n) is 9.07.